The molecule has 100 valence electrons. The summed E-state index contributed by atoms with van der Waals surface area (Å²) in [5.74, 6) is 0.814. The van der Waals surface area contributed by atoms with Gasteiger partial charge in [-0.15, -0.1) is 0 Å². The second-order valence-corrected chi connectivity index (χ2v) is 3.89. The zero-order chi connectivity index (χ0) is 12.7. The second kappa shape index (κ2) is 6.86. The molecule has 1 heterocycles. The summed E-state index contributed by atoms with van der Waals surface area (Å²) in [5, 5.41) is 3.01. The van der Waals surface area contributed by atoms with Gasteiger partial charge in [-0.05, 0) is 32.4 Å². The molecule has 6 heteroatoms. The number of rotatable bonds is 6. The van der Waals surface area contributed by atoms with Crippen LogP contribution < -0.4 is 5.32 Å². The molecule has 17 heavy (non-hydrogen) atoms. The molecule has 0 aromatic rings. The van der Waals surface area contributed by atoms with Crippen molar-refractivity contribution in [2.75, 3.05) is 26.9 Å². The molecule has 0 saturated heterocycles. The first-order valence-corrected chi connectivity index (χ1v) is 5.67. The largest absolute Gasteiger partial charge is 0.497 e. The van der Waals surface area contributed by atoms with Gasteiger partial charge >= 0.3 is 6.18 Å². The van der Waals surface area contributed by atoms with Crippen molar-refractivity contribution in [3.05, 3.63) is 11.8 Å². The van der Waals surface area contributed by atoms with Crippen LogP contribution in [-0.2, 0) is 9.47 Å². The fraction of sp³-hybridized carbons (Fsp3) is 0.818. The molecule has 0 saturated carbocycles. The monoisotopic (exact) mass is 253 g/mol. The molecule has 0 fully saturated rings. The number of nitrogens with one attached hydrogen (secondary N) is 1. The summed E-state index contributed by atoms with van der Waals surface area (Å²) in [6, 6.07) is -0.0662. The van der Waals surface area contributed by atoms with Crippen molar-refractivity contribution in [3.63, 3.8) is 0 Å². The summed E-state index contributed by atoms with van der Waals surface area (Å²) >= 11 is 0. The second-order valence-electron chi connectivity index (χ2n) is 3.89. The minimum absolute atomic E-state index is 0.0612. The Hall–Kier alpha value is -0.750. The van der Waals surface area contributed by atoms with Crippen molar-refractivity contribution >= 4 is 0 Å². The van der Waals surface area contributed by atoms with Gasteiger partial charge < -0.3 is 14.8 Å². The number of allylic oxidation sites excluding steroid dienone is 1. The van der Waals surface area contributed by atoms with Crippen LogP contribution >= 0.6 is 0 Å². The third-order valence-corrected chi connectivity index (χ3v) is 2.47. The van der Waals surface area contributed by atoms with Crippen LogP contribution in [0.3, 0.4) is 0 Å². The van der Waals surface area contributed by atoms with Crippen molar-refractivity contribution in [2.45, 2.75) is 31.5 Å². The van der Waals surface area contributed by atoms with E-state index in [2.05, 4.69) is 10.1 Å². The highest BCUT2D eigenvalue weighted by Crippen LogP contribution is 2.17. The lowest BCUT2D eigenvalue weighted by Crippen LogP contribution is -2.31. The topological polar surface area (TPSA) is 30.5 Å². The molecule has 0 radical (unpaired) electrons. The van der Waals surface area contributed by atoms with Gasteiger partial charge in [0.05, 0.1) is 12.6 Å². The number of halogens is 3. The maximum Gasteiger partial charge on any atom is 0.411 e. The van der Waals surface area contributed by atoms with E-state index in [0.717, 1.165) is 18.6 Å². The summed E-state index contributed by atoms with van der Waals surface area (Å²) in [6.07, 6.45) is 0.143. The molecule has 0 amide bonds. The van der Waals surface area contributed by atoms with Gasteiger partial charge in [-0.3, -0.25) is 0 Å². The Kier molecular flexibility index (Phi) is 5.77. The van der Waals surface area contributed by atoms with E-state index in [9.17, 15) is 13.2 Å². The first kappa shape index (κ1) is 14.3. The quantitative estimate of drug-likeness (QED) is 0.736. The van der Waals surface area contributed by atoms with E-state index in [1.54, 1.807) is 7.05 Å². The summed E-state index contributed by atoms with van der Waals surface area (Å²) in [4.78, 5) is 0. The molecular formula is C11H18F3NO2. The van der Waals surface area contributed by atoms with Gasteiger partial charge in [0.25, 0.3) is 0 Å². The average molecular weight is 253 g/mol. The lowest BCUT2D eigenvalue weighted by Gasteiger charge is -2.23. The summed E-state index contributed by atoms with van der Waals surface area (Å²) in [7, 11) is 1.76. The van der Waals surface area contributed by atoms with Crippen LogP contribution in [0.4, 0.5) is 13.2 Å². The van der Waals surface area contributed by atoms with Gasteiger partial charge in [-0.25, -0.2) is 0 Å². The Morgan fingerprint density at radius 3 is 2.82 bits per heavy atom. The minimum Gasteiger partial charge on any atom is -0.497 e. The molecule has 3 nitrogen and oxygen atoms in total. The van der Waals surface area contributed by atoms with E-state index >= 15 is 0 Å². The van der Waals surface area contributed by atoms with E-state index in [1.165, 1.54) is 0 Å². The Morgan fingerprint density at radius 2 is 2.29 bits per heavy atom. The van der Waals surface area contributed by atoms with Crippen molar-refractivity contribution in [1.29, 1.82) is 0 Å². The molecule has 1 aliphatic rings. The predicted molar refractivity (Wildman–Crippen MR) is 57.6 cm³/mol. The molecule has 0 aromatic heterocycles. The van der Waals surface area contributed by atoms with Gasteiger partial charge in [0, 0.05) is 6.61 Å². The van der Waals surface area contributed by atoms with E-state index in [0.29, 0.717) is 13.0 Å². The van der Waals surface area contributed by atoms with Crippen LogP contribution in [0.15, 0.2) is 11.8 Å². The highest BCUT2D eigenvalue weighted by Gasteiger charge is 2.27. The Morgan fingerprint density at radius 1 is 1.53 bits per heavy atom. The highest BCUT2D eigenvalue weighted by molar-refractivity contribution is 5.05. The third kappa shape index (κ3) is 5.93. The molecule has 1 aliphatic heterocycles. The first-order chi connectivity index (χ1) is 8.03. The standard InChI is InChI=1S/C11H18F3NO2/c1-15-9(10-4-2-3-6-17-10)5-7-16-8-11(12,13)14/h4,9,15H,2-3,5-8H2,1H3. The lowest BCUT2D eigenvalue weighted by atomic mass is 10.1. The van der Waals surface area contributed by atoms with Crippen LogP contribution in [0.2, 0.25) is 0 Å². The normalized spacial score (nSPS) is 18.5. The zero-order valence-electron chi connectivity index (χ0n) is 9.85. The summed E-state index contributed by atoms with van der Waals surface area (Å²) in [5.41, 5.74) is 0. The highest BCUT2D eigenvalue weighted by atomic mass is 19.4. The molecule has 0 bridgehead atoms. The molecule has 0 aliphatic carbocycles. The van der Waals surface area contributed by atoms with Crippen LogP contribution in [0.25, 0.3) is 0 Å². The predicted octanol–water partition coefficient (Wildman–Crippen LogP) is 2.24. The fourth-order valence-corrected chi connectivity index (χ4v) is 1.64. The van der Waals surface area contributed by atoms with Gasteiger partial charge in [-0.1, -0.05) is 0 Å². The Bertz CT molecular complexity index is 254. The summed E-state index contributed by atoms with van der Waals surface area (Å²) in [6.45, 7) is -0.456. The van der Waals surface area contributed by atoms with Gasteiger partial charge in [0.15, 0.2) is 0 Å². The number of likely N-dealkylation sites (N-methyl/N-ethyl adjacent to an activating group) is 1. The van der Waals surface area contributed by atoms with Gasteiger partial charge in [0.1, 0.15) is 12.4 Å². The maximum atomic E-state index is 11.8. The first-order valence-electron chi connectivity index (χ1n) is 5.67. The molecule has 1 N–H and O–H groups in total. The third-order valence-electron chi connectivity index (χ3n) is 2.47. The van der Waals surface area contributed by atoms with E-state index in [1.807, 2.05) is 6.08 Å². The minimum atomic E-state index is -4.25. The smallest absolute Gasteiger partial charge is 0.411 e. The Labute approximate surface area is 99.0 Å². The van der Waals surface area contributed by atoms with Crippen LogP contribution in [0.1, 0.15) is 19.3 Å². The lowest BCUT2D eigenvalue weighted by molar-refractivity contribution is -0.174. The van der Waals surface area contributed by atoms with E-state index in [-0.39, 0.29) is 12.6 Å². The number of ether oxygens (including phenoxy) is 2. The van der Waals surface area contributed by atoms with Crippen molar-refractivity contribution in [1.82, 2.24) is 5.32 Å². The van der Waals surface area contributed by atoms with Gasteiger partial charge in [0.2, 0.25) is 0 Å². The molecule has 1 unspecified atom stereocenters. The van der Waals surface area contributed by atoms with Gasteiger partial charge in [-0.2, -0.15) is 13.2 Å². The maximum absolute atomic E-state index is 11.8. The van der Waals surface area contributed by atoms with Crippen LogP contribution in [0, 0.1) is 0 Å². The molecule has 1 rings (SSSR count). The zero-order valence-corrected chi connectivity index (χ0v) is 9.85. The molecule has 1 atom stereocenters. The summed E-state index contributed by atoms with van der Waals surface area (Å²) < 4.78 is 45.5. The SMILES string of the molecule is CNC(CCOCC(F)(F)F)C1=CCCCO1. The average Bonchev–Trinajstić information content (AvgIpc) is 2.29. The number of alkyl halides is 3. The molecule has 0 spiro atoms. The molecule has 0 aromatic carbocycles. The van der Waals surface area contributed by atoms with E-state index < -0.39 is 12.8 Å². The number of hydrogen-bond donors (Lipinski definition) is 1. The molecular weight excluding hydrogens is 235 g/mol. The van der Waals surface area contributed by atoms with Crippen molar-refractivity contribution in [3.8, 4) is 0 Å². The van der Waals surface area contributed by atoms with Crippen LogP contribution in [-0.4, -0.2) is 39.1 Å². The van der Waals surface area contributed by atoms with E-state index in [4.69, 9.17) is 4.74 Å². The van der Waals surface area contributed by atoms with Crippen LogP contribution in [0.5, 0.6) is 0 Å². The van der Waals surface area contributed by atoms with Crippen molar-refractivity contribution in [2.24, 2.45) is 0 Å². The fourth-order valence-electron chi connectivity index (χ4n) is 1.64. The van der Waals surface area contributed by atoms with Crippen molar-refractivity contribution < 1.29 is 22.6 Å². The number of hydrogen-bond acceptors (Lipinski definition) is 3. The Balaban J connectivity index is 2.25.